The van der Waals surface area contributed by atoms with Crippen molar-refractivity contribution in [3.05, 3.63) is 48.0 Å². The highest BCUT2D eigenvalue weighted by atomic mass is 16.4. The largest absolute Gasteiger partial charge is 0.478 e. The van der Waals surface area contributed by atoms with Crippen LogP contribution in [-0.4, -0.2) is 28.9 Å². The number of nitrogens with one attached hydrogen (secondary N) is 1. The Morgan fingerprint density at radius 3 is 2.25 bits per heavy atom. The van der Waals surface area contributed by atoms with Crippen molar-refractivity contribution in [2.24, 2.45) is 17.6 Å². The third-order valence-corrected chi connectivity index (χ3v) is 3.60. The lowest BCUT2D eigenvalue weighted by atomic mass is 9.90. The highest BCUT2D eigenvalue weighted by Gasteiger charge is 2.29. The molecule has 2 atom stereocenters. The third-order valence-electron chi connectivity index (χ3n) is 3.60. The summed E-state index contributed by atoms with van der Waals surface area (Å²) in [5, 5.41) is 11.3. The Morgan fingerprint density at radius 1 is 1.17 bits per heavy atom. The quantitative estimate of drug-likeness (QED) is 0.625. The van der Waals surface area contributed by atoms with E-state index in [2.05, 4.69) is 11.9 Å². The number of hydrogen-bond acceptors (Lipinski definition) is 4. The van der Waals surface area contributed by atoms with Gasteiger partial charge < -0.3 is 10.8 Å². The summed E-state index contributed by atoms with van der Waals surface area (Å²) < 4.78 is 0. The fraction of sp³-hybridized carbons (Fsp3) is 0.389. The van der Waals surface area contributed by atoms with E-state index in [-0.39, 0.29) is 24.3 Å². The Kier molecular flexibility index (Phi) is 7.32. The maximum absolute atomic E-state index is 12.3. The molecule has 0 aliphatic heterocycles. The molecule has 2 amide bonds. The van der Waals surface area contributed by atoms with E-state index in [1.54, 1.807) is 0 Å². The van der Waals surface area contributed by atoms with E-state index in [0.29, 0.717) is 0 Å². The normalized spacial score (nSPS) is 13.2. The van der Waals surface area contributed by atoms with Crippen LogP contribution in [0.15, 0.2) is 42.5 Å². The van der Waals surface area contributed by atoms with Crippen molar-refractivity contribution in [2.75, 3.05) is 0 Å². The first-order valence-corrected chi connectivity index (χ1v) is 7.78. The number of nitrogens with two attached hydrogens (primary N) is 1. The summed E-state index contributed by atoms with van der Waals surface area (Å²) >= 11 is 0. The van der Waals surface area contributed by atoms with Gasteiger partial charge in [-0.25, -0.2) is 4.79 Å². The van der Waals surface area contributed by atoms with E-state index in [9.17, 15) is 14.4 Å². The standard InChI is InChI=1S/C18H24N2O4/c1-11(2)9-14(12(3)18(23)24)16(21)20-17(22)15(19)10-13-7-5-4-6-8-13/h4-8,11,14-15H,3,9-10,19H2,1-2H3,(H,23,24)(H,20,21,22)/t14-,15+/m1/s1. The average Bonchev–Trinajstić information content (AvgIpc) is 2.52. The minimum atomic E-state index is -1.25. The number of amides is 2. The molecule has 1 rings (SSSR count). The van der Waals surface area contributed by atoms with E-state index < -0.39 is 29.7 Å². The summed E-state index contributed by atoms with van der Waals surface area (Å²) in [6, 6.07) is 8.30. The summed E-state index contributed by atoms with van der Waals surface area (Å²) in [5.41, 5.74) is 6.48. The summed E-state index contributed by atoms with van der Waals surface area (Å²) in [6.45, 7) is 7.16. The van der Waals surface area contributed by atoms with Crippen molar-refractivity contribution < 1.29 is 19.5 Å². The average molecular weight is 332 g/mol. The smallest absolute Gasteiger partial charge is 0.331 e. The zero-order chi connectivity index (χ0) is 18.3. The summed E-state index contributed by atoms with van der Waals surface area (Å²) in [6.07, 6.45) is 0.576. The molecule has 1 aromatic rings. The van der Waals surface area contributed by atoms with E-state index in [1.807, 2.05) is 44.2 Å². The molecule has 0 bridgehead atoms. The van der Waals surface area contributed by atoms with Crippen LogP contribution in [0.4, 0.5) is 0 Å². The maximum atomic E-state index is 12.3. The molecule has 0 unspecified atom stereocenters. The predicted octanol–water partition coefficient (Wildman–Crippen LogP) is 1.50. The van der Waals surface area contributed by atoms with Crippen molar-refractivity contribution in [3.8, 4) is 0 Å². The molecule has 130 valence electrons. The topological polar surface area (TPSA) is 109 Å². The first kappa shape index (κ1) is 19.6. The molecule has 0 spiro atoms. The number of aliphatic carboxylic acids is 1. The molecule has 0 aromatic heterocycles. The van der Waals surface area contributed by atoms with Crippen LogP contribution < -0.4 is 11.1 Å². The van der Waals surface area contributed by atoms with Gasteiger partial charge in [0.15, 0.2) is 0 Å². The number of carbonyl (C=O) groups is 3. The van der Waals surface area contributed by atoms with Crippen molar-refractivity contribution in [1.29, 1.82) is 0 Å². The Balaban J connectivity index is 2.73. The minimum absolute atomic E-state index is 0.0740. The van der Waals surface area contributed by atoms with Gasteiger partial charge in [-0.15, -0.1) is 0 Å². The molecule has 0 saturated carbocycles. The lowest BCUT2D eigenvalue weighted by Crippen LogP contribution is -2.47. The molecule has 0 saturated heterocycles. The molecule has 1 aromatic carbocycles. The molecule has 0 fully saturated rings. The predicted molar refractivity (Wildman–Crippen MR) is 91.0 cm³/mol. The maximum Gasteiger partial charge on any atom is 0.331 e. The lowest BCUT2D eigenvalue weighted by molar-refractivity contribution is -0.138. The summed E-state index contributed by atoms with van der Waals surface area (Å²) in [5.74, 6) is -3.45. The van der Waals surface area contributed by atoms with Crippen LogP contribution in [0, 0.1) is 11.8 Å². The van der Waals surface area contributed by atoms with E-state index in [4.69, 9.17) is 10.8 Å². The van der Waals surface area contributed by atoms with Crippen LogP contribution in [0.3, 0.4) is 0 Å². The van der Waals surface area contributed by atoms with Crippen LogP contribution in [0.5, 0.6) is 0 Å². The second-order valence-corrected chi connectivity index (χ2v) is 6.16. The van der Waals surface area contributed by atoms with Crippen LogP contribution in [-0.2, 0) is 20.8 Å². The van der Waals surface area contributed by atoms with Gasteiger partial charge in [-0.3, -0.25) is 14.9 Å². The zero-order valence-corrected chi connectivity index (χ0v) is 14.0. The molecule has 0 radical (unpaired) electrons. The van der Waals surface area contributed by atoms with Crippen molar-refractivity contribution in [1.82, 2.24) is 5.32 Å². The van der Waals surface area contributed by atoms with Crippen LogP contribution in [0.25, 0.3) is 0 Å². The number of benzene rings is 1. The molecular formula is C18H24N2O4. The highest BCUT2D eigenvalue weighted by molar-refractivity contribution is 6.03. The number of imide groups is 1. The van der Waals surface area contributed by atoms with Gasteiger partial charge in [0, 0.05) is 5.57 Å². The molecular weight excluding hydrogens is 308 g/mol. The van der Waals surface area contributed by atoms with Gasteiger partial charge in [-0.1, -0.05) is 50.8 Å². The highest BCUT2D eigenvalue weighted by Crippen LogP contribution is 2.19. The van der Waals surface area contributed by atoms with Gasteiger partial charge >= 0.3 is 5.97 Å². The third kappa shape index (κ3) is 5.96. The van der Waals surface area contributed by atoms with Gasteiger partial charge in [0.25, 0.3) is 0 Å². The fourth-order valence-corrected chi connectivity index (χ4v) is 2.29. The molecule has 6 nitrogen and oxygen atoms in total. The van der Waals surface area contributed by atoms with Crippen molar-refractivity contribution in [3.63, 3.8) is 0 Å². The van der Waals surface area contributed by atoms with Crippen molar-refractivity contribution in [2.45, 2.75) is 32.7 Å². The van der Waals surface area contributed by atoms with Crippen LogP contribution in [0.2, 0.25) is 0 Å². The molecule has 0 aliphatic carbocycles. The van der Waals surface area contributed by atoms with Gasteiger partial charge in [0.2, 0.25) is 11.8 Å². The monoisotopic (exact) mass is 332 g/mol. The van der Waals surface area contributed by atoms with E-state index >= 15 is 0 Å². The number of carboxylic acids is 1. The Bertz CT molecular complexity index is 611. The van der Waals surface area contributed by atoms with Gasteiger partial charge in [0.05, 0.1) is 12.0 Å². The summed E-state index contributed by atoms with van der Waals surface area (Å²) in [4.78, 5) is 35.5. The Morgan fingerprint density at radius 2 is 1.75 bits per heavy atom. The fourth-order valence-electron chi connectivity index (χ4n) is 2.29. The number of carboxylic acid groups (broad SMARTS) is 1. The molecule has 0 heterocycles. The second-order valence-electron chi connectivity index (χ2n) is 6.16. The Hall–Kier alpha value is -2.47. The Labute approximate surface area is 141 Å². The first-order chi connectivity index (χ1) is 11.2. The second kappa shape index (κ2) is 8.98. The van der Waals surface area contributed by atoms with Gasteiger partial charge in [-0.2, -0.15) is 0 Å². The van der Waals surface area contributed by atoms with E-state index in [1.165, 1.54) is 0 Å². The summed E-state index contributed by atoms with van der Waals surface area (Å²) in [7, 11) is 0. The number of hydrogen-bond donors (Lipinski definition) is 3. The lowest BCUT2D eigenvalue weighted by Gasteiger charge is -2.19. The van der Waals surface area contributed by atoms with Crippen molar-refractivity contribution >= 4 is 17.8 Å². The van der Waals surface area contributed by atoms with Gasteiger partial charge in [-0.05, 0) is 24.3 Å². The van der Waals surface area contributed by atoms with Crippen LogP contribution in [0.1, 0.15) is 25.8 Å². The minimum Gasteiger partial charge on any atom is -0.478 e. The SMILES string of the molecule is C=C(C(=O)O)[C@@H](CC(C)C)C(=O)NC(=O)[C@@H](N)Cc1ccccc1. The number of rotatable bonds is 8. The molecule has 24 heavy (non-hydrogen) atoms. The van der Waals surface area contributed by atoms with Gasteiger partial charge in [0.1, 0.15) is 0 Å². The molecule has 4 N–H and O–H groups in total. The van der Waals surface area contributed by atoms with Crippen LogP contribution >= 0.6 is 0 Å². The molecule has 0 aliphatic rings. The zero-order valence-electron chi connectivity index (χ0n) is 14.0. The first-order valence-electron chi connectivity index (χ1n) is 7.78. The number of carbonyl (C=O) groups excluding carboxylic acids is 2. The van der Waals surface area contributed by atoms with E-state index in [0.717, 1.165) is 5.56 Å². The molecule has 6 heteroatoms.